The monoisotopic (exact) mass is 450 g/mol. The summed E-state index contributed by atoms with van der Waals surface area (Å²) in [6.07, 6.45) is 0. The normalized spacial score (nSPS) is 2.17. The van der Waals surface area contributed by atoms with Crippen LogP contribution in [0.1, 0.15) is 6.92 Å². The third-order valence-electron chi connectivity index (χ3n) is 0.0772. The van der Waals surface area contributed by atoms with Crippen LogP contribution >= 0.6 is 19.4 Å². The summed E-state index contributed by atoms with van der Waals surface area (Å²) in [6.45, 7) is 20.0. The Bertz CT molecular complexity index is 141. The van der Waals surface area contributed by atoms with Crippen LogP contribution in [0.25, 0.3) is 0 Å². The molecule has 0 atom stereocenters. The number of hydrogen-bond acceptors (Lipinski definition) is 0. The van der Waals surface area contributed by atoms with Crippen molar-refractivity contribution in [1.29, 1.82) is 0 Å². The van der Waals surface area contributed by atoms with Gasteiger partial charge in [-0.15, -0.1) is 0 Å². The molecule has 0 heterocycles. The second-order valence-electron chi connectivity index (χ2n) is 0.281. The van der Waals surface area contributed by atoms with E-state index in [4.69, 9.17) is 18.6 Å². The molecule has 0 aromatic rings. The molecule has 0 amide bonds. The first kappa shape index (κ1) is 29.5. The van der Waals surface area contributed by atoms with E-state index < -0.39 is 0 Å². The first-order valence-corrected chi connectivity index (χ1v) is 11.5. The fourth-order valence-corrected chi connectivity index (χ4v) is 0. The third-order valence-corrected chi connectivity index (χ3v) is 4.24. The first-order chi connectivity index (χ1) is 5.91. The van der Waals surface area contributed by atoms with Gasteiger partial charge in [0.25, 0.3) is 0 Å². The average Bonchev–Trinajstić information content (AvgIpc) is 2.29. The summed E-state index contributed by atoms with van der Waals surface area (Å²) in [5.74, 6) is 0. The molecule has 0 aliphatic carbocycles. The number of halogens is 1. The van der Waals surface area contributed by atoms with Gasteiger partial charge in [-0.2, -0.15) is 0 Å². The molecule has 0 radical (unpaired) electrons. The van der Waals surface area contributed by atoms with Gasteiger partial charge in [0.05, 0.1) is 0 Å². The van der Waals surface area contributed by atoms with Crippen LogP contribution in [-0.4, -0.2) is 0 Å². The summed E-state index contributed by atoms with van der Waals surface area (Å²) in [7, 11) is 0. The predicted octanol–water partition coefficient (Wildman–Crippen LogP) is 1.25. The maximum atomic E-state index is 7.50. The number of rotatable bonds is 0. The molecule has 0 fully saturated rings. The van der Waals surface area contributed by atoms with Crippen LogP contribution in [-0.2, 0) is 32.8 Å². The predicted molar refractivity (Wildman–Crippen MR) is 39.3 cm³/mol. The summed E-state index contributed by atoms with van der Waals surface area (Å²) in [4.78, 5) is 0. The Hall–Kier alpha value is 0.158. The molecule has 0 unspecified atom stereocenters. The van der Waals surface area contributed by atoms with Crippen molar-refractivity contribution >= 4 is 19.4 Å². The second kappa shape index (κ2) is 247. The average molecular weight is 450 g/mol. The van der Waals surface area contributed by atoms with Crippen molar-refractivity contribution in [1.82, 2.24) is 0 Å². The van der Waals surface area contributed by atoms with Crippen molar-refractivity contribution in [3.63, 3.8) is 0 Å². The SMILES string of the molecule is C[C]#[W][I].[C-]#[O+].[C-]#[O+].[C-]#[O+].[C-]#[O+]. The zero-order valence-corrected chi connectivity index (χ0v) is 11.0. The Morgan fingerprint density at radius 1 is 0.917 bits per heavy atom. The summed E-state index contributed by atoms with van der Waals surface area (Å²) in [5, 5.41) is 0. The topological polar surface area (TPSA) is 79.6 Å². The molecular weight excluding hydrogens is 447 g/mol. The first-order valence-electron chi connectivity index (χ1n) is 1.67. The van der Waals surface area contributed by atoms with E-state index in [0.717, 1.165) is 0 Å². The molecule has 0 rings (SSSR count). The molecule has 12 heavy (non-hydrogen) atoms. The van der Waals surface area contributed by atoms with Crippen LogP contribution in [0.3, 0.4) is 0 Å². The van der Waals surface area contributed by atoms with Gasteiger partial charge in [0.1, 0.15) is 0 Å². The van der Waals surface area contributed by atoms with Gasteiger partial charge in [0.2, 0.25) is 0 Å². The van der Waals surface area contributed by atoms with Gasteiger partial charge in [-0.05, 0) is 0 Å². The maximum absolute atomic E-state index is 7.50. The van der Waals surface area contributed by atoms with Crippen molar-refractivity contribution in [2.24, 2.45) is 0 Å². The van der Waals surface area contributed by atoms with E-state index in [2.05, 4.69) is 50.2 Å². The molecule has 0 aromatic heterocycles. The van der Waals surface area contributed by atoms with E-state index in [1.807, 2.05) is 6.92 Å². The molecule has 0 aliphatic rings. The molecule has 64 valence electrons. The Morgan fingerprint density at radius 2 is 1.00 bits per heavy atom. The summed E-state index contributed by atoms with van der Waals surface area (Å²) >= 11 is 2.37. The minimum atomic E-state index is -0.0346. The zero-order chi connectivity index (χ0) is 11.4. The van der Waals surface area contributed by atoms with Crippen LogP contribution < -0.4 is 0 Å². The van der Waals surface area contributed by atoms with Crippen LogP contribution in [0.5, 0.6) is 0 Å². The van der Waals surface area contributed by atoms with Crippen molar-refractivity contribution < 1.29 is 32.8 Å². The molecule has 0 saturated carbocycles. The van der Waals surface area contributed by atoms with E-state index in [-0.39, 0.29) is 14.2 Å². The summed E-state index contributed by atoms with van der Waals surface area (Å²) in [5.41, 5.74) is 0. The zero-order valence-electron chi connectivity index (χ0n) is 5.92. The van der Waals surface area contributed by atoms with Gasteiger partial charge in [-0.3, -0.25) is 0 Å². The van der Waals surface area contributed by atoms with E-state index in [1.165, 1.54) is 0 Å². The van der Waals surface area contributed by atoms with Crippen LogP contribution in [0, 0.1) is 30.8 Å². The van der Waals surface area contributed by atoms with E-state index >= 15 is 0 Å². The Balaban J connectivity index is -0.0000000181. The Kier molecular flexibility index (Phi) is 609. The second-order valence-corrected chi connectivity index (χ2v) is 5.91. The van der Waals surface area contributed by atoms with Crippen molar-refractivity contribution in [2.45, 2.75) is 6.92 Å². The van der Waals surface area contributed by atoms with Gasteiger partial charge < -0.3 is 0 Å². The van der Waals surface area contributed by atoms with Gasteiger partial charge >= 0.3 is 89.9 Å². The van der Waals surface area contributed by atoms with Gasteiger partial charge in [-0.1, -0.05) is 0 Å². The quantitative estimate of drug-likeness (QED) is 0.303. The fourth-order valence-electron chi connectivity index (χ4n) is 0. The van der Waals surface area contributed by atoms with Gasteiger partial charge in [0, 0.05) is 0 Å². The molecule has 0 aliphatic heterocycles. The summed E-state index contributed by atoms with van der Waals surface area (Å²) < 4.78 is 33.1. The van der Waals surface area contributed by atoms with Crippen LogP contribution in [0.2, 0.25) is 0 Å². The third kappa shape index (κ3) is 635. The van der Waals surface area contributed by atoms with Gasteiger partial charge in [0.15, 0.2) is 0 Å². The van der Waals surface area contributed by atoms with E-state index in [1.54, 1.807) is 0 Å². The Morgan fingerprint density at radius 3 is 1.00 bits per heavy atom. The molecular formula is C6H3IO4W. The molecule has 4 nitrogen and oxygen atoms in total. The molecule has 0 bridgehead atoms. The molecule has 6 heteroatoms. The standard InChI is InChI=1S/C2H3.4CO.HI.W/c5*1-2;;/h1H3;;;;;1H;/q;;;;;;+1/p-1. The molecule has 0 aromatic carbocycles. The summed E-state index contributed by atoms with van der Waals surface area (Å²) in [6, 6.07) is 0. The minimum absolute atomic E-state index is 0.0346. The van der Waals surface area contributed by atoms with Crippen molar-refractivity contribution in [3.8, 4) is 4.20 Å². The van der Waals surface area contributed by atoms with Crippen molar-refractivity contribution in [2.75, 3.05) is 0 Å². The van der Waals surface area contributed by atoms with Crippen LogP contribution in [0.4, 0.5) is 0 Å². The number of hydrogen-bond donors (Lipinski definition) is 0. The van der Waals surface area contributed by atoms with Crippen molar-refractivity contribution in [3.05, 3.63) is 26.6 Å². The fraction of sp³-hybridized carbons (Fsp3) is 0.167. The molecule has 0 spiro atoms. The van der Waals surface area contributed by atoms with E-state index in [9.17, 15) is 0 Å². The Labute approximate surface area is 89.5 Å². The molecule has 0 saturated heterocycles. The van der Waals surface area contributed by atoms with E-state index in [0.29, 0.717) is 0 Å². The molecule has 0 N–H and O–H groups in total. The van der Waals surface area contributed by atoms with Gasteiger partial charge in [-0.25, -0.2) is 0 Å². The van der Waals surface area contributed by atoms with Crippen LogP contribution in [0.15, 0.2) is 0 Å².